The van der Waals surface area contributed by atoms with Gasteiger partial charge in [0, 0.05) is 38.8 Å². The average molecular weight is 302 g/mol. The lowest BCUT2D eigenvalue weighted by atomic mass is 9.97. The van der Waals surface area contributed by atoms with E-state index in [1.165, 1.54) is 12.1 Å². The molecule has 0 unspecified atom stereocenters. The molecule has 118 valence electrons. The Morgan fingerprint density at radius 1 is 1.24 bits per heavy atom. The van der Waals surface area contributed by atoms with Gasteiger partial charge in [0.05, 0.1) is 5.56 Å². The van der Waals surface area contributed by atoms with Crippen molar-refractivity contribution >= 4 is 0 Å². The van der Waals surface area contributed by atoms with Gasteiger partial charge in [-0.05, 0) is 30.5 Å². The van der Waals surface area contributed by atoms with E-state index in [0.29, 0.717) is 18.4 Å². The van der Waals surface area contributed by atoms with E-state index in [1.807, 2.05) is 0 Å². The number of aliphatic hydroxyl groups excluding tert-OH is 1. The van der Waals surface area contributed by atoms with Crippen molar-refractivity contribution in [2.75, 3.05) is 32.8 Å². The Hall–Kier alpha value is -1.11. The molecule has 0 bridgehead atoms. The summed E-state index contributed by atoms with van der Waals surface area (Å²) in [7, 11) is 0. The zero-order chi connectivity index (χ0) is 15.3. The molecule has 3 nitrogen and oxygen atoms in total. The maximum Gasteiger partial charge on any atom is 0.416 e. The Kier molecular flexibility index (Phi) is 5.61. The molecule has 1 aromatic rings. The van der Waals surface area contributed by atoms with E-state index < -0.39 is 11.7 Å². The lowest BCUT2D eigenvalue weighted by Gasteiger charge is -2.35. The molecule has 0 aromatic heterocycles. The predicted molar refractivity (Wildman–Crippen MR) is 74.9 cm³/mol. The first-order chi connectivity index (χ1) is 10.0. The predicted octanol–water partition coefficient (Wildman–Crippen LogP) is 2.42. The van der Waals surface area contributed by atoms with E-state index in [0.717, 1.165) is 32.2 Å². The summed E-state index contributed by atoms with van der Waals surface area (Å²) in [5.41, 5.74) is 0.0734. The van der Waals surface area contributed by atoms with Gasteiger partial charge < -0.3 is 10.4 Å². The van der Waals surface area contributed by atoms with Crippen LogP contribution in [0, 0.1) is 0 Å². The lowest BCUT2D eigenvalue weighted by Crippen LogP contribution is -2.45. The molecule has 2 N–H and O–H groups in total. The molecule has 1 aromatic carbocycles. The number of hydrogen-bond donors (Lipinski definition) is 2. The van der Waals surface area contributed by atoms with Crippen molar-refractivity contribution < 1.29 is 18.3 Å². The number of benzene rings is 1. The molecule has 1 aliphatic rings. The molecule has 1 atom stereocenters. The number of nitrogens with one attached hydrogen (secondary N) is 1. The summed E-state index contributed by atoms with van der Waals surface area (Å²) in [5, 5.41) is 12.3. The first kappa shape index (κ1) is 16.3. The minimum absolute atomic E-state index is 0.0571. The molecule has 0 amide bonds. The molecule has 1 fully saturated rings. The van der Waals surface area contributed by atoms with E-state index in [1.54, 1.807) is 6.07 Å². The lowest BCUT2D eigenvalue weighted by molar-refractivity contribution is -0.137. The maximum absolute atomic E-state index is 12.9. The molecule has 0 radical (unpaired) electrons. The second-order valence-electron chi connectivity index (χ2n) is 5.29. The SMILES string of the molecule is OCCC[C@H](c1cccc(C(F)(F)F)c1)N1CCNCC1. The van der Waals surface area contributed by atoms with Crippen molar-refractivity contribution in [3.63, 3.8) is 0 Å². The Balaban J connectivity index is 2.22. The van der Waals surface area contributed by atoms with Gasteiger partial charge in [-0.15, -0.1) is 0 Å². The van der Waals surface area contributed by atoms with Crippen molar-refractivity contribution in [2.24, 2.45) is 0 Å². The number of aliphatic hydroxyl groups is 1. The van der Waals surface area contributed by atoms with Crippen molar-refractivity contribution in [2.45, 2.75) is 25.1 Å². The highest BCUT2D eigenvalue weighted by atomic mass is 19.4. The van der Waals surface area contributed by atoms with Gasteiger partial charge in [0.15, 0.2) is 0 Å². The summed E-state index contributed by atoms with van der Waals surface area (Å²) in [6.07, 6.45) is -3.07. The van der Waals surface area contributed by atoms with Crippen LogP contribution in [0.5, 0.6) is 0 Å². The fraction of sp³-hybridized carbons (Fsp3) is 0.600. The Morgan fingerprint density at radius 2 is 1.95 bits per heavy atom. The van der Waals surface area contributed by atoms with Gasteiger partial charge in [-0.25, -0.2) is 0 Å². The average Bonchev–Trinajstić information content (AvgIpc) is 2.48. The van der Waals surface area contributed by atoms with E-state index in [2.05, 4.69) is 10.2 Å². The van der Waals surface area contributed by atoms with Crippen LogP contribution >= 0.6 is 0 Å². The van der Waals surface area contributed by atoms with Crippen molar-refractivity contribution in [3.05, 3.63) is 35.4 Å². The molecular formula is C15H21F3N2O. The minimum atomic E-state index is -4.32. The molecule has 1 heterocycles. The van der Waals surface area contributed by atoms with E-state index >= 15 is 0 Å². The fourth-order valence-electron chi connectivity index (χ4n) is 2.76. The molecular weight excluding hydrogens is 281 g/mol. The number of alkyl halides is 3. The van der Waals surface area contributed by atoms with Gasteiger partial charge in [-0.1, -0.05) is 12.1 Å². The van der Waals surface area contributed by atoms with Crippen LogP contribution in [-0.2, 0) is 6.18 Å². The van der Waals surface area contributed by atoms with Crippen LogP contribution in [0.1, 0.15) is 30.0 Å². The Bertz CT molecular complexity index is 445. The van der Waals surface area contributed by atoms with Crippen molar-refractivity contribution in [3.8, 4) is 0 Å². The molecule has 0 saturated carbocycles. The first-order valence-corrected chi connectivity index (χ1v) is 7.25. The number of nitrogens with zero attached hydrogens (tertiary/aromatic N) is 1. The summed E-state index contributed by atoms with van der Waals surface area (Å²) in [6.45, 7) is 3.36. The molecule has 0 aliphatic carbocycles. The van der Waals surface area contributed by atoms with Crippen LogP contribution in [0.4, 0.5) is 13.2 Å². The van der Waals surface area contributed by atoms with E-state index in [-0.39, 0.29) is 12.6 Å². The largest absolute Gasteiger partial charge is 0.416 e. The van der Waals surface area contributed by atoms with Crippen molar-refractivity contribution in [1.29, 1.82) is 0 Å². The highest BCUT2D eigenvalue weighted by molar-refractivity contribution is 5.28. The van der Waals surface area contributed by atoms with Gasteiger partial charge in [-0.3, -0.25) is 4.90 Å². The zero-order valence-electron chi connectivity index (χ0n) is 11.9. The number of piperazine rings is 1. The van der Waals surface area contributed by atoms with E-state index in [4.69, 9.17) is 5.11 Å². The van der Waals surface area contributed by atoms with Crippen LogP contribution in [0.3, 0.4) is 0 Å². The molecule has 2 rings (SSSR count). The van der Waals surface area contributed by atoms with Crippen LogP contribution < -0.4 is 5.32 Å². The highest BCUT2D eigenvalue weighted by Gasteiger charge is 2.31. The second-order valence-corrected chi connectivity index (χ2v) is 5.29. The molecule has 1 saturated heterocycles. The van der Waals surface area contributed by atoms with Gasteiger partial charge in [0.25, 0.3) is 0 Å². The molecule has 21 heavy (non-hydrogen) atoms. The van der Waals surface area contributed by atoms with Crippen LogP contribution in [0.15, 0.2) is 24.3 Å². The fourth-order valence-corrected chi connectivity index (χ4v) is 2.76. The van der Waals surface area contributed by atoms with Crippen molar-refractivity contribution in [1.82, 2.24) is 10.2 Å². The smallest absolute Gasteiger partial charge is 0.396 e. The number of rotatable bonds is 5. The molecule has 0 spiro atoms. The minimum Gasteiger partial charge on any atom is -0.396 e. The Morgan fingerprint density at radius 3 is 2.57 bits per heavy atom. The summed E-state index contributed by atoms with van der Waals surface area (Å²) in [6, 6.07) is 5.49. The van der Waals surface area contributed by atoms with Crippen LogP contribution in [-0.4, -0.2) is 42.8 Å². The second kappa shape index (κ2) is 7.24. The summed E-state index contributed by atoms with van der Waals surface area (Å²) >= 11 is 0. The third kappa shape index (κ3) is 4.43. The monoisotopic (exact) mass is 302 g/mol. The molecule has 1 aliphatic heterocycles. The van der Waals surface area contributed by atoms with Gasteiger partial charge >= 0.3 is 6.18 Å². The third-order valence-corrected chi connectivity index (χ3v) is 3.83. The Labute approximate surface area is 122 Å². The standard InChI is InChI=1S/C15H21F3N2O/c16-15(17,18)13-4-1-3-12(11-13)14(5-2-10-21)20-8-6-19-7-9-20/h1,3-4,11,14,19,21H,2,5-10H2/t14-/m1/s1. The summed E-state index contributed by atoms with van der Waals surface area (Å²) < 4.78 is 38.6. The number of hydrogen-bond acceptors (Lipinski definition) is 3. The highest BCUT2D eigenvalue weighted by Crippen LogP contribution is 2.33. The zero-order valence-corrected chi connectivity index (χ0v) is 11.9. The quantitative estimate of drug-likeness (QED) is 0.877. The maximum atomic E-state index is 12.9. The van der Waals surface area contributed by atoms with Gasteiger partial charge in [0.1, 0.15) is 0 Å². The number of halogens is 3. The van der Waals surface area contributed by atoms with Crippen LogP contribution in [0.2, 0.25) is 0 Å². The first-order valence-electron chi connectivity index (χ1n) is 7.25. The molecule has 6 heteroatoms. The third-order valence-electron chi connectivity index (χ3n) is 3.83. The van der Waals surface area contributed by atoms with E-state index in [9.17, 15) is 13.2 Å². The van der Waals surface area contributed by atoms with Gasteiger partial charge in [0.2, 0.25) is 0 Å². The van der Waals surface area contributed by atoms with Gasteiger partial charge in [-0.2, -0.15) is 13.2 Å². The topological polar surface area (TPSA) is 35.5 Å². The normalized spacial score (nSPS) is 18.7. The summed E-state index contributed by atoms with van der Waals surface area (Å²) in [5.74, 6) is 0. The summed E-state index contributed by atoms with van der Waals surface area (Å²) in [4.78, 5) is 2.20. The van der Waals surface area contributed by atoms with Crippen LogP contribution in [0.25, 0.3) is 0 Å².